The number of fused-ring (bicyclic) bond motifs is 2. The summed E-state index contributed by atoms with van der Waals surface area (Å²) < 4.78 is 7.45. The molecule has 1 aromatic carbocycles. The van der Waals surface area contributed by atoms with Crippen molar-refractivity contribution < 1.29 is 9.21 Å². The number of hydrogen-bond donors (Lipinski definition) is 2. The van der Waals surface area contributed by atoms with Gasteiger partial charge in [-0.05, 0) is 37.1 Å². The van der Waals surface area contributed by atoms with Crippen LogP contribution in [0.5, 0.6) is 0 Å². The first-order valence-corrected chi connectivity index (χ1v) is 10.4. The van der Waals surface area contributed by atoms with Crippen LogP contribution in [0.4, 0.5) is 11.8 Å². The summed E-state index contributed by atoms with van der Waals surface area (Å²) in [5, 5.41) is 23.1. The zero-order chi connectivity index (χ0) is 21.5. The van der Waals surface area contributed by atoms with Gasteiger partial charge in [-0.1, -0.05) is 18.2 Å². The van der Waals surface area contributed by atoms with Crippen LogP contribution in [0.15, 0.2) is 53.2 Å². The van der Waals surface area contributed by atoms with Gasteiger partial charge in [0.05, 0.1) is 0 Å². The third kappa shape index (κ3) is 3.33. The largest absolute Gasteiger partial charge is 0.453 e. The number of nitrogens with one attached hydrogen (secondary N) is 2. The fraction of sp³-hybridized carbons (Fsp3) is 0.238. The van der Waals surface area contributed by atoms with Crippen molar-refractivity contribution >= 4 is 34.3 Å². The Hall–Kier alpha value is -4.28. The molecule has 1 fully saturated rings. The molecule has 2 N–H and O–H groups in total. The van der Waals surface area contributed by atoms with Crippen LogP contribution in [0, 0.1) is 5.92 Å². The molecule has 6 rings (SSSR count). The highest BCUT2D eigenvalue weighted by atomic mass is 16.3. The number of anilines is 2. The molecule has 1 amide bonds. The Labute approximate surface area is 181 Å². The fourth-order valence-electron chi connectivity index (χ4n) is 4.00. The van der Waals surface area contributed by atoms with Crippen molar-refractivity contribution in [2.24, 2.45) is 5.92 Å². The predicted octanol–water partition coefficient (Wildman–Crippen LogP) is 2.51. The summed E-state index contributed by atoms with van der Waals surface area (Å²) in [7, 11) is 0. The number of hydrogen-bond acceptors (Lipinski definition) is 8. The zero-order valence-electron chi connectivity index (χ0n) is 17.0. The molecule has 0 unspecified atom stereocenters. The fourth-order valence-corrected chi connectivity index (χ4v) is 4.00. The number of amides is 1. The van der Waals surface area contributed by atoms with Crippen molar-refractivity contribution in [2.75, 3.05) is 23.3 Å². The van der Waals surface area contributed by atoms with Gasteiger partial charge in [0.2, 0.25) is 11.9 Å². The molecule has 1 saturated heterocycles. The minimum atomic E-state index is -0.113. The molecule has 32 heavy (non-hydrogen) atoms. The molecule has 0 bridgehead atoms. The molecule has 0 saturated carbocycles. The smallest absolute Gasteiger partial charge is 0.249 e. The van der Waals surface area contributed by atoms with E-state index >= 15 is 0 Å². The number of carbonyl (C=O) groups excluding carboxylic acids is 1. The topological polar surface area (TPSA) is 130 Å². The van der Waals surface area contributed by atoms with Crippen LogP contribution >= 0.6 is 0 Å². The average Bonchev–Trinajstić information content (AvgIpc) is 3.57. The first-order chi connectivity index (χ1) is 15.7. The number of nitrogens with zero attached hydrogens (tertiary/aromatic N) is 7. The van der Waals surface area contributed by atoms with Crippen LogP contribution in [0.25, 0.3) is 28.2 Å². The van der Waals surface area contributed by atoms with Gasteiger partial charge in [0.15, 0.2) is 17.2 Å². The van der Waals surface area contributed by atoms with Gasteiger partial charge in [0.25, 0.3) is 0 Å². The third-order valence-electron chi connectivity index (χ3n) is 5.72. The van der Waals surface area contributed by atoms with Crippen molar-refractivity contribution in [3.63, 3.8) is 0 Å². The van der Waals surface area contributed by atoms with Crippen LogP contribution in [-0.2, 0) is 4.79 Å². The lowest BCUT2D eigenvalue weighted by atomic mass is 9.96. The van der Waals surface area contributed by atoms with Gasteiger partial charge in [-0.15, -0.1) is 20.4 Å². The molecule has 4 aromatic heterocycles. The van der Waals surface area contributed by atoms with E-state index < -0.39 is 0 Å². The Balaban J connectivity index is 1.09. The zero-order valence-corrected chi connectivity index (χ0v) is 17.0. The predicted molar refractivity (Wildman–Crippen MR) is 116 cm³/mol. The minimum absolute atomic E-state index is 0.0815. The number of aromatic nitrogens is 7. The third-order valence-corrected chi connectivity index (χ3v) is 5.72. The summed E-state index contributed by atoms with van der Waals surface area (Å²) in [6, 6.07) is 13.4. The van der Waals surface area contributed by atoms with E-state index in [0.29, 0.717) is 30.1 Å². The van der Waals surface area contributed by atoms with Crippen molar-refractivity contribution in [3.05, 3.63) is 48.8 Å². The summed E-state index contributed by atoms with van der Waals surface area (Å²) in [6.45, 7) is 1.47. The molecular weight excluding hydrogens is 410 g/mol. The van der Waals surface area contributed by atoms with E-state index in [1.165, 1.54) is 0 Å². The normalized spacial score (nSPS) is 14.9. The Morgan fingerprint density at radius 1 is 1.16 bits per heavy atom. The van der Waals surface area contributed by atoms with Gasteiger partial charge >= 0.3 is 0 Å². The maximum atomic E-state index is 12.8. The molecule has 0 spiro atoms. The molecule has 0 atom stereocenters. The quantitative estimate of drug-likeness (QED) is 0.446. The van der Waals surface area contributed by atoms with Gasteiger partial charge in [0.1, 0.15) is 17.7 Å². The molecule has 11 heteroatoms. The summed E-state index contributed by atoms with van der Waals surface area (Å²) in [5.41, 5.74) is 1.48. The van der Waals surface area contributed by atoms with Crippen molar-refractivity contribution in [3.8, 4) is 11.6 Å². The number of para-hydroxylation sites is 1. The molecule has 0 aliphatic carbocycles. The lowest BCUT2D eigenvalue weighted by Crippen LogP contribution is -2.38. The number of piperidine rings is 1. The number of furan rings is 1. The van der Waals surface area contributed by atoms with E-state index in [1.54, 1.807) is 10.8 Å². The molecule has 5 heterocycles. The summed E-state index contributed by atoms with van der Waals surface area (Å²) >= 11 is 0. The minimum Gasteiger partial charge on any atom is -0.453 e. The van der Waals surface area contributed by atoms with E-state index in [9.17, 15) is 4.79 Å². The van der Waals surface area contributed by atoms with Crippen LogP contribution < -0.4 is 10.2 Å². The van der Waals surface area contributed by atoms with Crippen molar-refractivity contribution in [1.82, 2.24) is 35.0 Å². The first kappa shape index (κ1) is 18.5. The molecule has 1 aliphatic heterocycles. The van der Waals surface area contributed by atoms with E-state index in [-0.39, 0.29) is 17.8 Å². The van der Waals surface area contributed by atoms with Gasteiger partial charge in [-0.3, -0.25) is 15.2 Å². The molecule has 1 aliphatic rings. The molecule has 0 radical (unpaired) electrons. The maximum Gasteiger partial charge on any atom is 0.249 e. The Morgan fingerprint density at radius 3 is 2.91 bits per heavy atom. The second-order valence-electron chi connectivity index (χ2n) is 7.73. The van der Waals surface area contributed by atoms with Crippen LogP contribution in [0.2, 0.25) is 0 Å². The van der Waals surface area contributed by atoms with Gasteiger partial charge in [-0.25, -0.2) is 0 Å². The number of benzene rings is 1. The molecule has 5 aromatic rings. The number of aromatic amines is 1. The lowest BCUT2D eigenvalue weighted by Gasteiger charge is -2.31. The highest BCUT2D eigenvalue weighted by molar-refractivity contribution is 5.91. The van der Waals surface area contributed by atoms with E-state index in [1.807, 2.05) is 42.5 Å². The SMILES string of the molecule is O=C(Nc1n[nH]c(-c2cc3ccccc3o2)n1)C1CCN(c2ccc3nncn3n2)CC1. The summed E-state index contributed by atoms with van der Waals surface area (Å²) in [4.78, 5) is 19.3. The number of carbonyl (C=O) groups is 1. The van der Waals surface area contributed by atoms with Crippen LogP contribution in [0.1, 0.15) is 12.8 Å². The summed E-state index contributed by atoms with van der Waals surface area (Å²) in [5.74, 6) is 1.94. The maximum absolute atomic E-state index is 12.8. The van der Waals surface area contributed by atoms with Crippen molar-refractivity contribution in [2.45, 2.75) is 12.8 Å². The first-order valence-electron chi connectivity index (χ1n) is 10.4. The van der Waals surface area contributed by atoms with E-state index in [2.05, 4.69) is 40.7 Å². The molecular formula is C21H19N9O2. The molecule has 160 valence electrons. The van der Waals surface area contributed by atoms with Gasteiger partial charge < -0.3 is 9.32 Å². The van der Waals surface area contributed by atoms with Crippen LogP contribution in [-0.4, -0.2) is 54.0 Å². The van der Waals surface area contributed by atoms with E-state index in [4.69, 9.17) is 4.42 Å². The summed E-state index contributed by atoms with van der Waals surface area (Å²) in [6.07, 6.45) is 3.01. The monoisotopic (exact) mass is 429 g/mol. The second kappa shape index (κ2) is 7.45. The lowest BCUT2D eigenvalue weighted by molar-refractivity contribution is -0.120. The number of rotatable bonds is 4. The average molecular weight is 429 g/mol. The van der Waals surface area contributed by atoms with Crippen molar-refractivity contribution in [1.29, 1.82) is 0 Å². The standard InChI is InChI=1S/C21H19N9O2/c31-20(13-7-9-29(10-8-13)18-6-5-17-25-22-12-30(17)28-18)24-21-23-19(26-27-21)16-11-14-3-1-2-4-15(14)32-16/h1-6,11-13H,7-10H2,(H2,23,24,26,27,31). The highest BCUT2D eigenvalue weighted by Gasteiger charge is 2.27. The Kier molecular flexibility index (Phi) is 4.30. The molecule has 11 nitrogen and oxygen atoms in total. The van der Waals surface area contributed by atoms with Gasteiger partial charge in [0, 0.05) is 24.4 Å². The second-order valence-corrected chi connectivity index (χ2v) is 7.73. The Bertz CT molecular complexity index is 1380. The highest BCUT2D eigenvalue weighted by Crippen LogP contribution is 2.26. The number of H-pyrrole nitrogens is 1. The van der Waals surface area contributed by atoms with Crippen LogP contribution in [0.3, 0.4) is 0 Å². The van der Waals surface area contributed by atoms with E-state index in [0.717, 1.165) is 29.9 Å². The van der Waals surface area contributed by atoms with Gasteiger partial charge in [-0.2, -0.15) is 9.50 Å². The Morgan fingerprint density at radius 2 is 2.03 bits per heavy atom.